The summed E-state index contributed by atoms with van der Waals surface area (Å²) in [6.45, 7) is 2.49. The summed E-state index contributed by atoms with van der Waals surface area (Å²) in [7, 11) is 0. The van der Waals surface area contributed by atoms with E-state index in [4.69, 9.17) is 11.5 Å². The summed E-state index contributed by atoms with van der Waals surface area (Å²) < 4.78 is 0. The molecule has 2 aliphatic heterocycles. The van der Waals surface area contributed by atoms with E-state index < -0.39 is 89.8 Å². The van der Waals surface area contributed by atoms with Crippen molar-refractivity contribution >= 4 is 58.2 Å². The molecule has 7 amide bonds. The van der Waals surface area contributed by atoms with Crippen LogP contribution in [0.4, 0.5) is 0 Å². The first-order chi connectivity index (χ1) is 23.6. The predicted octanol–water partition coefficient (Wildman–Crippen LogP) is -3.76. The van der Waals surface area contributed by atoms with Crippen molar-refractivity contribution in [2.24, 2.45) is 22.4 Å². The number of pyridine rings is 1. The Morgan fingerprint density at radius 2 is 1.48 bits per heavy atom. The van der Waals surface area contributed by atoms with Crippen LogP contribution in [0.3, 0.4) is 0 Å². The maximum Gasteiger partial charge on any atom is 0.246 e. The number of aliphatic hydroxyl groups is 2. The molecule has 18 nitrogen and oxygen atoms in total. The van der Waals surface area contributed by atoms with Crippen LogP contribution in [0.15, 0.2) is 23.3 Å². The van der Waals surface area contributed by atoms with E-state index in [2.05, 4.69) is 36.6 Å². The molecule has 8 atom stereocenters. The van der Waals surface area contributed by atoms with Crippen molar-refractivity contribution in [1.82, 2.24) is 31.6 Å². The number of aliphatic hydroxyl groups excluding tert-OH is 2. The molecule has 0 spiro atoms. The number of carbonyl (C=O) groups is 7. The van der Waals surface area contributed by atoms with Crippen LogP contribution >= 0.6 is 11.8 Å². The minimum absolute atomic E-state index is 0.0679. The summed E-state index contributed by atoms with van der Waals surface area (Å²) in [4.78, 5) is 100. The van der Waals surface area contributed by atoms with E-state index in [1.54, 1.807) is 12.1 Å². The van der Waals surface area contributed by atoms with E-state index in [9.17, 15) is 43.8 Å². The Kier molecular flexibility index (Phi) is 12.9. The Balaban J connectivity index is 1.72. The van der Waals surface area contributed by atoms with Crippen LogP contribution in [0.2, 0.25) is 0 Å². The molecule has 3 aliphatic rings. The van der Waals surface area contributed by atoms with Crippen molar-refractivity contribution in [1.29, 1.82) is 0 Å². The van der Waals surface area contributed by atoms with E-state index >= 15 is 0 Å². The van der Waals surface area contributed by atoms with Gasteiger partial charge in [0.15, 0.2) is 0 Å². The van der Waals surface area contributed by atoms with Gasteiger partial charge in [-0.25, -0.2) is 0 Å². The number of nitrogens with zero attached hydrogens (tertiary/aromatic N) is 2. The highest BCUT2D eigenvalue weighted by molar-refractivity contribution is 8.14. The van der Waals surface area contributed by atoms with E-state index in [1.165, 1.54) is 31.8 Å². The number of primary amides is 2. The van der Waals surface area contributed by atoms with Crippen LogP contribution in [0.5, 0.6) is 0 Å². The molecule has 3 heterocycles. The number of amides is 7. The lowest BCUT2D eigenvalue weighted by Gasteiger charge is -2.28. The van der Waals surface area contributed by atoms with Gasteiger partial charge >= 0.3 is 0 Å². The quantitative estimate of drug-likeness (QED) is 0.126. The number of nitrogens with two attached hydrogens (primary N) is 2. The molecule has 4 rings (SSSR count). The average Bonchev–Trinajstić information content (AvgIpc) is 3.73. The molecule has 4 bridgehead atoms. The standard InChI is InChI=1S/C31H43N9O9S/c1-13(41)23-29(48)37-19(9-15-3-4-15)27(46)35-17(5-6-22(32)43)26(45)36-18(25(33)44)10-16-7-8-34-20(11-16)31-38-21(12-50-31)28(47)39-24(14(2)42)30(49)40-23/h7-8,11,13-15,17-19,21,23-24,41-42H,3-6,9-10,12H2,1-2H3,(H2,32,43)(H2,33,44)(H,35,46)(H,36,45)(H,37,48)(H,39,47)(H,40,49)/t13-,14-,17+,18+,19+,21+,23+,24+/m1/s1. The van der Waals surface area contributed by atoms with Crippen LogP contribution < -0.4 is 38.1 Å². The highest BCUT2D eigenvalue weighted by Gasteiger charge is 2.38. The molecule has 1 aliphatic carbocycles. The molecule has 19 heteroatoms. The Morgan fingerprint density at radius 3 is 2.08 bits per heavy atom. The van der Waals surface area contributed by atoms with Gasteiger partial charge in [0, 0.05) is 24.8 Å². The number of rotatable bonds is 8. The summed E-state index contributed by atoms with van der Waals surface area (Å²) in [6, 6.07) is -4.79. The Morgan fingerprint density at radius 1 is 0.880 bits per heavy atom. The zero-order chi connectivity index (χ0) is 36.7. The highest BCUT2D eigenvalue weighted by atomic mass is 32.2. The van der Waals surface area contributed by atoms with E-state index in [-0.39, 0.29) is 37.4 Å². The first-order valence-electron chi connectivity index (χ1n) is 16.2. The molecule has 1 aromatic rings. The zero-order valence-corrected chi connectivity index (χ0v) is 28.4. The summed E-state index contributed by atoms with van der Waals surface area (Å²) in [6.07, 6.45) is -0.362. The minimum atomic E-state index is -1.62. The molecular formula is C31H43N9O9S. The van der Waals surface area contributed by atoms with Gasteiger partial charge in [-0.05, 0) is 50.3 Å². The molecule has 50 heavy (non-hydrogen) atoms. The Bertz CT molecular complexity index is 1530. The molecule has 11 N–H and O–H groups in total. The number of thioether (sulfide) groups is 1. The summed E-state index contributed by atoms with van der Waals surface area (Å²) >= 11 is 1.21. The molecule has 272 valence electrons. The minimum Gasteiger partial charge on any atom is -0.391 e. The van der Waals surface area contributed by atoms with Gasteiger partial charge in [-0.1, -0.05) is 12.8 Å². The van der Waals surface area contributed by atoms with Gasteiger partial charge < -0.3 is 48.3 Å². The fourth-order valence-electron chi connectivity index (χ4n) is 5.41. The summed E-state index contributed by atoms with van der Waals surface area (Å²) in [5, 5.41) is 33.7. The van der Waals surface area contributed by atoms with Crippen molar-refractivity contribution in [3.63, 3.8) is 0 Å². The largest absolute Gasteiger partial charge is 0.391 e. The molecule has 0 aromatic carbocycles. The van der Waals surface area contributed by atoms with Crippen LogP contribution in [-0.4, -0.2) is 116 Å². The normalized spacial score (nSPS) is 28.2. The fourth-order valence-corrected chi connectivity index (χ4v) is 6.41. The summed E-state index contributed by atoms with van der Waals surface area (Å²) in [5.41, 5.74) is 11.9. The second-order valence-corrected chi connectivity index (χ2v) is 13.7. The first kappa shape index (κ1) is 38.2. The van der Waals surface area contributed by atoms with E-state index in [0.29, 0.717) is 16.3 Å². The van der Waals surface area contributed by atoms with Gasteiger partial charge in [0.1, 0.15) is 41.3 Å². The highest BCUT2D eigenvalue weighted by Crippen LogP contribution is 2.33. The number of nitrogens with one attached hydrogen (secondary N) is 5. The maximum atomic E-state index is 13.6. The first-order valence-corrected chi connectivity index (χ1v) is 17.2. The average molecular weight is 718 g/mol. The van der Waals surface area contributed by atoms with Crippen molar-refractivity contribution in [3.8, 4) is 0 Å². The maximum absolute atomic E-state index is 13.6. The molecule has 0 radical (unpaired) electrons. The lowest BCUT2D eigenvalue weighted by atomic mass is 10.0. The van der Waals surface area contributed by atoms with E-state index in [1.807, 2.05) is 0 Å². The van der Waals surface area contributed by atoms with Crippen LogP contribution in [-0.2, 0) is 40.0 Å². The number of hydrogen-bond donors (Lipinski definition) is 9. The lowest BCUT2D eigenvalue weighted by molar-refractivity contribution is -0.137. The summed E-state index contributed by atoms with van der Waals surface area (Å²) in [5.74, 6) is -5.63. The molecule has 0 unspecified atom stereocenters. The smallest absolute Gasteiger partial charge is 0.246 e. The molecule has 1 saturated carbocycles. The third-order valence-electron chi connectivity index (χ3n) is 8.43. The second-order valence-electron chi connectivity index (χ2n) is 12.7. The zero-order valence-electron chi connectivity index (χ0n) is 27.6. The molecular weight excluding hydrogens is 674 g/mol. The Hall–Kier alpha value is -4.62. The predicted molar refractivity (Wildman–Crippen MR) is 179 cm³/mol. The van der Waals surface area contributed by atoms with Crippen LogP contribution in [0.1, 0.15) is 57.2 Å². The van der Waals surface area contributed by atoms with Gasteiger partial charge in [-0.2, -0.15) is 0 Å². The van der Waals surface area contributed by atoms with Crippen LogP contribution in [0.25, 0.3) is 0 Å². The van der Waals surface area contributed by atoms with Crippen molar-refractivity contribution < 1.29 is 43.8 Å². The molecule has 1 fully saturated rings. The van der Waals surface area contributed by atoms with Crippen molar-refractivity contribution in [2.75, 3.05) is 5.75 Å². The second kappa shape index (κ2) is 16.9. The van der Waals surface area contributed by atoms with Crippen molar-refractivity contribution in [2.45, 2.75) is 101 Å². The van der Waals surface area contributed by atoms with Crippen LogP contribution in [0, 0.1) is 5.92 Å². The van der Waals surface area contributed by atoms with Gasteiger partial charge in [-0.15, -0.1) is 11.8 Å². The van der Waals surface area contributed by atoms with Gasteiger partial charge in [-0.3, -0.25) is 43.5 Å². The fraction of sp³-hybridized carbons (Fsp3) is 0.581. The number of aliphatic imine (C=N–C) groups is 1. The molecule has 1 aromatic heterocycles. The topological polar surface area (TPSA) is 297 Å². The van der Waals surface area contributed by atoms with Gasteiger partial charge in [0.05, 0.1) is 17.9 Å². The number of hydrogen-bond acceptors (Lipinski definition) is 12. The monoisotopic (exact) mass is 717 g/mol. The van der Waals surface area contributed by atoms with Gasteiger partial charge in [0.2, 0.25) is 41.4 Å². The third-order valence-corrected chi connectivity index (χ3v) is 9.50. The molecule has 0 saturated heterocycles. The Labute approximate surface area is 291 Å². The number of fused-ring (bicyclic) bond motifs is 4. The number of aromatic nitrogens is 1. The number of carbonyl (C=O) groups excluding carboxylic acids is 7. The van der Waals surface area contributed by atoms with E-state index in [0.717, 1.165) is 12.8 Å². The SMILES string of the molecule is C[C@@H](O)[C@@H]1NC(=O)[C@@H]2CSC(=N2)c2cc(ccn2)C[C@@H](C(N)=O)NC(=O)[C@H](CCC(N)=O)NC(=O)[C@H](CC2CC2)NC(=O)[C@H]([C@@H](C)O)NC1=O. The van der Waals surface area contributed by atoms with Gasteiger partial charge in [0.25, 0.3) is 0 Å². The third kappa shape index (κ3) is 10.4. The van der Waals surface area contributed by atoms with Crippen molar-refractivity contribution in [3.05, 3.63) is 29.6 Å². The lowest BCUT2D eigenvalue weighted by Crippen LogP contribution is -2.62.